The van der Waals surface area contributed by atoms with Gasteiger partial charge in [-0.25, -0.2) is 0 Å². The summed E-state index contributed by atoms with van der Waals surface area (Å²) in [6.45, 7) is 4.94. The Morgan fingerprint density at radius 3 is 2.76 bits per heavy atom. The average molecular weight is 230 g/mol. The van der Waals surface area contributed by atoms with Crippen molar-refractivity contribution in [1.29, 1.82) is 0 Å². The second kappa shape index (κ2) is 4.99. The molecule has 1 radical (unpaired) electrons. The number of ether oxygens (including phenoxy) is 1. The number of hydrogen-bond acceptors (Lipinski definition) is 3. The van der Waals surface area contributed by atoms with E-state index in [4.69, 9.17) is 4.74 Å². The van der Waals surface area contributed by atoms with Gasteiger partial charge in [0.2, 0.25) is 0 Å². The molecule has 0 saturated heterocycles. The zero-order valence-corrected chi connectivity index (χ0v) is 10.3. The molecule has 0 spiro atoms. The minimum Gasteiger partial charge on any atom is -0.492 e. The molecule has 0 atom stereocenters. The molecule has 17 heavy (non-hydrogen) atoms. The maximum atomic E-state index is 5.57. The van der Waals surface area contributed by atoms with Gasteiger partial charge in [0.05, 0.1) is 18.5 Å². The normalized spacial score (nSPS) is 10.8. The van der Waals surface area contributed by atoms with Crippen LogP contribution < -0.4 is 4.74 Å². The van der Waals surface area contributed by atoms with Crippen molar-refractivity contribution in [2.24, 2.45) is 13.0 Å². The van der Waals surface area contributed by atoms with E-state index in [0.717, 1.165) is 17.0 Å². The number of pyridine rings is 1. The summed E-state index contributed by atoms with van der Waals surface area (Å²) in [4.78, 5) is 4.33. The predicted octanol–water partition coefficient (Wildman–Crippen LogP) is 2.32. The highest BCUT2D eigenvalue weighted by atomic mass is 16.5. The van der Waals surface area contributed by atoms with Crippen LogP contribution in [-0.4, -0.2) is 21.4 Å². The maximum absolute atomic E-state index is 5.57. The van der Waals surface area contributed by atoms with E-state index in [0.29, 0.717) is 12.5 Å². The molecule has 0 saturated carbocycles. The first-order chi connectivity index (χ1) is 8.15. The molecule has 0 aliphatic carbocycles. The lowest BCUT2D eigenvalue weighted by Gasteiger charge is -2.08. The third kappa shape index (κ3) is 3.06. The molecule has 0 aliphatic heterocycles. The number of hydrogen-bond donors (Lipinski definition) is 0. The van der Waals surface area contributed by atoms with Gasteiger partial charge in [0, 0.05) is 18.8 Å². The van der Waals surface area contributed by atoms with Crippen molar-refractivity contribution in [3.05, 3.63) is 30.7 Å². The van der Waals surface area contributed by atoms with Crippen molar-refractivity contribution in [1.82, 2.24) is 14.8 Å². The van der Waals surface area contributed by atoms with E-state index in [1.54, 1.807) is 10.9 Å². The van der Waals surface area contributed by atoms with Gasteiger partial charge in [-0.1, -0.05) is 13.8 Å². The van der Waals surface area contributed by atoms with E-state index in [-0.39, 0.29) is 0 Å². The third-order valence-electron chi connectivity index (χ3n) is 2.24. The van der Waals surface area contributed by atoms with Gasteiger partial charge < -0.3 is 4.74 Å². The minimum absolute atomic E-state index is 0.515. The van der Waals surface area contributed by atoms with Crippen molar-refractivity contribution in [3.8, 4) is 17.0 Å². The fourth-order valence-corrected chi connectivity index (χ4v) is 1.39. The summed E-state index contributed by atoms with van der Waals surface area (Å²) in [6, 6.07) is 3.84. The summed E-state index contributed by atoms with van der Waals surface area (Å²) in [5.74, 6) is 1.31. The number of aromatic nitrogens is 3. The number of rotatable bonds is 4. The lowest BCUT2D eigenvalue weighted by atomic mass is 10.2. The quantitative estimate of drug-likeness (QED) is 0.809. The fourth-order valence-electron chi connectivity index (χ4n) is 1.39. The van der Waals surface area contributed by atoms with Crippen LogP contribution in [0.1, 0.15) is 13.8 Å². The third-order valence-corrected chi connectivity index (χ3v) is 2.24. The molecule has 2 aromatic heterocycles. The van der Waals surface area contributed by atoms with Gasteiger partial charge in [0.25, 0.3) is 0 Å². The van der Waals surface area contributed by atoms with Crippen LogP contribution in [0, 0.1) is 12.1 Å². The van der Waals surface area contributed by atoms with Gasteiger partial charge in [-0.3, -0.25) is 9.67 Å². The summed E-state index contributed by atoms with van der Waals surface area (Å²) < 4.78 is 7.28. The molecule has 89 valence electrons. The summed E-state index contributed by atoms with van der Waals surface area (Å²) >= 11 is 0. The molecule has 0 amide bonds. The van der Waals surface area contributed by atoms with Crippen LogP contribution >= 0.6 is 0 Å². The summed E-state index contributed by atoms with van der Waals surface area (Å²) in [6.07, 6.45) is 6.52. The Labute approximate surface area is 101 Å². The van der Waals surface area contributed by atoms with E-state index in [1.165, 1.54) is 0 Å². The molecule has 2 aromatic rings. The Bertz CT molecular complexity index is 474. The number of aryl methyl sites for hydroxylation is 1. The van der Waals surface area contributed by atoms with Crippen LogP contribution in [-0.2, 0) is 7.05 Å². The van der Waals surface area contributed by atoms with Crippen molar-refractivity contribution in [2.75, 3.05) is 6.61 Å². The standard InChI is InChI=1S/C13H16N3O/c1-10(2)9-17-12-4-5-13(14-7-12)11-6-15-16(3)8-11/h4-5,7-8,10H,9H2,1-3H3. The Morgan fingerprint density at radius 1 is 1.41 bits per heavy atom. The second-order valence-electron chi connectivity index (χ2n) is 4.41. The molecule has 0 aromatic carbocycles. The molecular weight excluding hydrogens is 214 g/mol. The lowest BCUT2D eigenvalue weighted by molar-refractivity contribution is 0.270. The second-order valence-corrected chi connectivity index (χ2v) is 4.41. The van der Waals surface area contributed by atoms with Crippen LogP contribution in [0.15, 0.2) is 24.5 Å². The van der Waals surface area contributed by atoms with Crippen molar-refractivity contribution >= 4 is 0 Å². The Kier molecular flexibility index (Phi) is 3.42. The van der Waals surface area contributed by atoms with Crippen LogP contribution in [0.3, 0.4) is 0 Å². The van der Waals surface area contributed by atoms with Gasteiger partial charge in [-0.15, -0.1) is 0 Å². The smallest absolute Gasteiger partial charge is 0.137 e. The van der Waals surface area contributed by atoms with Gasteiger partial charge in [-0.2, -0.15) is 5.10 Å². The zero-order valence-electron chi connectivity index (χ0n) is 10.3. The maximum Gasteiger partial charge on any atom is 0.137 e. The van der Waals surface area contributed by atoms with E-state index < -0.39 is 0 Å². The van der Waals surface area contributed by atoms with E-state index >= 15 is 0 Å². The first-order valence-electron chi connectivity index (χ1n) is 5.65. The predicted molar refractivity (Wildman–Crippen MR) is 65.6 cm³/mol. The molecule has 4 heteroatoms. The van der Waals surface area contributed by atoms with Crippen LogP contribution in [0.5, 0.6) is 5.75 Å². The molecule has 2 heterocycles. The summed E-state index contributed by atoms with van der Waals surface area (Å²) in [7, 11) is 1.86. The van der Waals surface area contributed by atoms with Crippen molar-refractivity contribution < 1.29 is 4.74 Å². The number of nitrogens with zero attached hydrogens (tertiary/aromatic N) is 3. The molecular formula is C13H16N3O. The lowest BCUT2D eigenvalue weighted by Crippen LogP contribution is -2.04. The van der Waals surface area contributed by atoms with Gasteiger partial charge in [0.15, 0.2) is 0 Å². The van der Waals surface area contributed by atoms with Crippen LogP contribution in [0.4, 0.5) is 0 Å². The first kappa shape index (κ1) is 11.6. The fraction of sp³-hybridized carbons (Fsp3) is 0.385. The molecule has 0 aliphatic rings. The minimum atomic E-state index is 0.515. The molecule has 0 fully saturated rings. The largest absolute Gasteiger partial charge is 0.492 e. The Balaban J connectivity index is 2.07. The van der Waals surface area contributed by atoms with Crippen LogP contribution in [0.2, 0.25) is 0 Å². The van der Waals surface area contributed by atoms with E-state index in [1.807, 2.05) is 25.4 Å². The average Bonchev–Trinajstić information content (AvgIpc) is 2.74. The molecule has 0 unspecified atom stereocenters. The summed E-state index contributed by atoms with van der Waals surface area (Å²) in [5, 5.41) is 4.00. The Hall–Kier alpha value is -1.84. The zero-order chi connectivity index (χ0) is 12.3. The first-order valence-corrected chi connectivity index (χ1v) is 5.65. The monoisotopic (exact) mass is 230 g/mol. The van der Waals surface area contributed by atoms with Crippen molar-refractivity contribution in [3.63, 3.8) is 0 Å². The summed E-state index contributed by atoms with van der Waals surface area (Å²) in [5.41, 5.74) is 1.75. The highest BCUT2D eigenvalue weighted by molar-refractivity contribution is 5.56. The van der Waals surface area contributed by atoms with Gasteiger partial charge >= 0.3 is 0 Å². The molecule has 2 rings (SSSR count). The Morgan fingerprint density at radius 2 is 2.24 bits per heavy atom. The highest BCUT2D eigenvalue weighted by Crippen LogP contribution is 2.18. The van der Waals surface area contributed by atoms with Crippen molar-refractivity contribution in [2.45, 2.75) is 13.8 Å². The van der Waals surface area contributed by atoms with E-state index in [2.05, 4.69) is 30.1 Å². The van der Waals surface area contributed by atoms with Gasteiger partial charge in [0.1, 0.15) is 11.9 Å². The highest BCUT2D eigenvalue weighted by Gasteiger charge is 2.03. The topological polar surface area (TPSA) is 39.9 Å². The molecule has 4 nitrogen and oxygen atoms in total. The SMILES string of the molecule is CC(C)COc1ccc(-c2[c]nn(C)c2)nc1. The van der Waals surface area contributed by atoms with E-state index in [9.17, 15) is 0 Å². The van der Waals surface area contributed by atoms with Crippen LogP contribution in [0.25, 0.3) is 11.3 Å². The molecule has 0 N–H and O–H groups in total. The van der Waals surface area contributed by atoms with Gasteiger partial charge in [-0.05, 0) is 18.1 Å². The molecule has 0 bridgehead atoms.